The second kappa shape index (κ2) is 5.97. The van der Waals surface area contributed by atoms with Gasteiger partial charge in [-0.25, -0.2) is 4.79 Å². The Morgan fingerprint density at radius 3 is 2.62 bits per heavy atom. The van der Waals surface area contributed by atoms with Crippen LogP contribution in [0, 0.1) is 0 Å². The van der Waals surface area contributed by atoms with Crippen molar-refractivity contribution in [3.05, 3.63) is 24.3 Å². The Kier molecular flexibility index (Phi) is 4.60. The minimum Gasteiger partial charge on any atom is -0.399 e. The maximum Gasteiger partial charge on any atom is 0.319 e. The van der Waals surface area contributed by atoms with Crippen LogP contribution < -0.4 is 16.4 Å². The first-order valence-electron chi connectivity index (χ1n) is 5.04. The van der Waals surface area contributed by atoms with Gasteiger partial charge in [0.15, 0.2) is 0 Å². The Labute approximate surface area is 95.0 Å². The van der Waals surface area contributed by atoms with Crippen LogP contribution in [0.3, 0.4) is 0 Å². The molecule has 88 valence electrons. The zero-order valence-corrected chi connectivity index (χ0v) is 9.49. The van der Waals surface area contributed by atoms with Crippen molar-refractivity contribution in [1.29, 1.82) is 0 Å². The lowest BCUT2D eigenvalue weighted by atomic mass is 10.3. The predicted molar refractivity (Wildman–Crippen MR) is 64.3 cm³/mol. The maximum atomic E-state index is 11.5. The van der Waals surface area contributed by atoms with E-state index in [0.29, 0.717) is 18.0 Å². The molecule has 0 radical (unpaired) electrons. The summed E-state index contributed by atoms with van der Waals surface area (Å²) in [7, 11) is 1.59. The Balaban J connectivity index is 2.42. The lowest BCUT2D eigenvalue weighted by molar-refractivity contribution is 0.173. The van der Waals surface area contributed by atoms with E-state index in [1.807, 2.05) is 6.92 Å². The third-order valence-electron chi connectivity index (χ3n) is 1.96. The Morgan fingerprint density at radius 2 is 2.06 bits per heavy atom. The van der Waals surface area contributed by atoms with Gasteiger partial charge in [0.05, 0.1) is 12.6 Å². The fourth-order valence-electron chi connectivity index (χ4n) is 1.25. The quantitative estimate of drug-likeness (QED) is 0.676. The van der Waals surface area contributed by atoms with Crippen LogP contribution >= 0.6 is 0 Å². The number of hydrogen-bond acceptors (Lipinski definition) is 3. The molecule has 0 bridgehead atoms. The van der Waals surface area contributed by atoms with Crippen molar-refractivity contribution in [2.45, 2.75) is 13.0 Å². The molecule has 0 aliphatic rings. The Hall–Kier alpha value is -1.75. The van der Waals surface area contributed by atoms with Gasteiger partial charge in [0.1, 0.15) is 0 Å². The average Bonchev–Trinajstić information content (AvgIpc) is 2.21. The molecule has 5 heteroatoms. The third kappa shape index (κ3) is 4.18. The molecule has 0 saturated carbocycles. The fraction of sp³-hybridized carbons (Fsp3) is 0.364. The summed E-state index contributed by atoms with van der Waals surface area (Å²) in [5.41, 5.74) is 6.90. The normalized spacial score (nSPS) is 11.9. The van der Waals surface area contributed by atoms with Gasteiger partial charge >= 0.3 is 6.03 Å². The lowest BCUT2D eigenvalue weighted by Gasteiger charge is -2.13. The summed E-state index contributed by atoms with van der Waals surface area (Å²) >= 11 is 0. The summed E-state index contributed by atoms with van der Waals surface area (Å²) in [5.74, 6) is 0. The first-order chi connectivity index (χ1) is 7.61. The average molecular weight is 223 g/mol. The molecule has 2 amide bonds. The van der Waals surface area contributed by atoms with Crippen molar-refractivity contribution in [2.75, 3.05) is 24.8 Å². The van der Waals surface area contributed by atoms with E-state index in [1.54, 1.807) is 31.4 Å². The fourth-order valence-corrected chi connectivity index (χ4v) is 1.25. The summed E-state index contributed by atoms with van der Waals surface area (Å²) in [6, 6.07) is 6.67. The number of methoxy groups -OCH3 is 1. The highest BCUT2D eigenvalue weighted by Gasteiger charge is 2.06. The summed E-state index contributed by atoms with van der Waals surface area (Å²) in [4.78, 5) is 11.5. The predicted octanol–water partition coefficient (Wildman–Crippen LogP) is 1.43. The van der Waals surface area contributed by atoms with Crippen LogP contribution in [0.1, 0.15) is 6.92 Å². The molecular formula is C11H17N3O2. The van der Waals surface area contributed by atoms with E-state index in [2.05, 4.69) is 10.6 Å². The highest BCUT2D eigenvalue weighted by atomic mass is 16.5. The molecule has 0 aliphatic carbocycles. The zero-order valence-electron chi connectivity index (χ0n) is 9.49. The van der Waals surface area contributed by atoms with Crippen molar-refractivity contribution in [3.63, 3.8) is 0 Å². The number of nitrogens with two attached hydrogens (primary N) is 1. The molecule has 0 heterocycles. The molecule has 1 unspecified atom stereocenters. The summed E-state index contributed by atoms with van der Waals surface area (Å²) in [5, 5.41) is 5.43. The van der Waals surface area contributed by atoms with Gasteiger partial charge in [-0.05, 0) is 31.2 Å². The number of rotatable bonds is 4. The van der Waals surface area contributed by atoms with Crippen molar-refractivity contribution in [3.8, 4) is 0 Å². The lowest BCUT2D eigenvalue weighted by Crippen LogP contribution is -2.38. The van der Waals surface area contributed by atoms with Gasteiger partial charge in [0.2, 0.25) is 0 Å². The molecule has 0 fully saturated rings. The Morgan fingerprint density at radius 1 is 1.44 bits per heavy atom. The number of carbonyl (C=O) groups excluding carboxylic acids is 1. The van der Waals surface area contributed by atoms with Gasteiger partial charge in [0, 0.05) is 18.5 Å². The smallest absolute Gasteiger partial charge is 0.319 e. The first kappa shape index (κ1) is 12.3. The zero-order chi connectivity index (χ0) is 12.0. The standard InChI is InChI=1S/C11H17N3O2/c1-8(7-16-2)13-11(15)14-10-5-3-9(12)4-6-10/h3-6,8H,7,12H2,1-2H3,(H2,13,14,15). The SMILES string of the molecule is COCC(C)NC(=O)Nc1ccc(N)cc1. The minimum atomic E-state index is -0.255. The highest BCUT2D eigenvalue weighted by molar-refractivity contribution is 5.89. The van der Waals surface area contributed by atoms with E-state index >= 15 is 0 Å². The third-order valence-corrected chi connectivity index (χ3v) is 1.96. The topological polar surface area (TPSA) is 76.4 Å². The van der Waals surface area contributed by atoms with Gasteiger partial charge in [-0.3, -0.25) is 0 Å². The van der Waals surface area contributed by atoms with Crippen LogP contribution in [0.5, 0.6) is 0 Å². The van der Waals surface area contributed by atoms with Gasteiger partial charge in [-0.15, -0.1) is 0 Å². The van der Waals surface area contributed by atoms with Gasteiger partial charge in [-0.2, -0.15) is 0 Å². The van der Waals surface area contributed by atoms with Crippen LogP contribution in [-0.2, 0) is 4.74 Å². The summed E-state index contributed by atoms with van der Waals surface area (Å²) in [6.45, 7) is 2.35. The summed E-state index contributed by atoms with van der Waals surface area (Å²) < 4.78 is 4.91. The number of nitrogens with one attached hydrogen (secondary N) is 2. The van der Waals surface area contributed by atoms with E-state index in [4.69, 9.17) is 10.5 Å². The molecule has 0 saturated heterocycles. The second-order valence-electron chi connectivity index (χ2n) is 3.58. The van der Waals surface area contributed by atoms with Gasteiger partial charge in [0.25, 0.3) is 0 Å². The molecule has 1 aromatic carbocycles. The van der Waals surface area contributed by atoms with Crippen molar-refractivity contribution < 1.29 is 9.53 Å². The summed E-state index contributed by atoms with van der Waals surface area (Å²) in [6.07, 6.45) is 0. The molecule has 0 aromatic heterocycles. The number of benzene rings is 1. The number of amides is 2. The maximum absolute atomic E-state index is 11.5. The van der Waals surface area contributed by atoms with E-state index in [-0.39, 0.29) is 12.1 Å². The molecule has 16 heavy (non-hydrogen) atoms. The monoisotopic (exact) mass is 223 g/mol. The van der Waals surface area contributed by atoms with Gasteiger partial charge in [-0.1, -0.05) is 0 Å². The number of ether oxygens (including phenoxy) is 1. The molecule has 4 N–H and O–H groups in total. The molecule has 0 aliphatic heterocycles. The van der Waals surface area contributed by atoms with Crippen molar-refractivity contribution >= 4 is 17.4 Å². The van der Waals surface area contributed by atoms with E-state index < -0.39 is 0 Å². The van der Waals surface area contributed by atoms with Gasteiger partial charge < -0.3 is 21.1 Å². The number of urea groups is 1. The number of carbonyl (C=O) groups is 1. The molecule has 1 aromatic rings. The number of anilines is 2. The van der Waals surface area contributed by atoms with E-state index in [1.165, 1.54) is 0 Å². The molecular weight excluding hydrogens is 206 g/mol. The van der Waals surface area contributed by atoms with E-state index in [0.717, 1.165) is 0 Å². The Bertz CT molecular complexity index is 338. The first-order valence-corrected chi connectivity index (χ1v) is 5.04. The van der Waals surface area contributed by atoms with Crippen molar-refractivity contribution in [1.82, 2.24) is 5.32 Å². The number of hydrogen-bond donors (Lipinski definition) is 3. The van der Waals surface area contributed by atoms with Crippen molar-refractivity contribution in [2.24, 2.45) is 0 Å². The molecule has 1 rings (SSSR count). The number of nitrogen functional groups attached to an aromatic ring is 1. The van der Waals surface area contributed by atoms with Crippen LogP contribution in [0.4, 0.5) is 16.2 Å². The van der Waals surface area contributed by atoms with Crippen LogP contribution in [0.15, 0.2) is 24.3 Å². The molecule has 1 atom stereocenters. The molecule has 0 spiro atoms. The van der Waals surface area contributed by atoms with Crippen LogP contribution in [0.2, 0.25) is 0 Å². The highest BCUT2D eigenvalue weighted by Crippen LogP contribution is 2.09. The van der Waals surface area contributed by atoms with E-state index in [9.17, 15) is 4.79 Å². The van der Waals surface area contributed by atoms with Crippen LogP contribution in [0.25, 0.3) is 0 Å². The molecule has 5 nitrogen and oxygen atoms in total. The minimum absolute atomic E-state index is 0.0289. The van der Waals surface area contributed by atoms with Crippen LogP contribution in [-0.4, -0.2) is 25.8 Å². The largest absolute Gasteiger partial charge is 0.399 e. The second-order valence-corrected chi connectivity index (χ2v) is 3.58.